The van der Waals surface area contributed by atoms with Gasteiger partial charge in [0.15, 0.2) is 0 Å². The van der Waals surface area contributed by atoms with Crippen molar-refractivity contribution < 1.29 is 13.6 Å². The molecule has 0 saturated carbocycles. The van der Waals surface area contributed by atoms with Gasteiger partial charge in [-0.05, 0) is 116 Å². The van der Waals surface area contributed by atoms with Crippen LogP contribution in [-0.2, 0) is 21.7 Å². The van der Waals surface area contributed by atoms with Gasteiger partial charge in [-0.15, -0.1) is 0 Å². The highest BCUT2D eigenvalue weighted by atomic mass is 31.2. The molecule has 0 N–H and O–H groups in total. The minimum Gasteiger partial charge on any atom is -0.409 e. The van der Waals surface area contributed by atoms with Crippen LogP contribution in [0.5, 0.6) is 17.2 Å². The lowest BCUT2D eigenvalue weighted by molar-refractivity contribution is 0.373. The van der Waals surface area contributed by atoms with Crippen LogP contribution in [0.3, 0.4) is 0 Å². The van der Waals surface area contributed by atoms with Crippen molar-refractivity contribution in [3.05, 3.63) is 113 Å². The molecule has 0 aliphatic heterocycles. The number of fused-ring (bicyclic) bond motifs is 2. The lowest BCUT2D eigenvalue weighted by Crippen LogP contribution is -2.19. The molecule has 0 fully saturated rings. The number of rotatable bonds is 14. The molecule has 0 aliphatic rings. The van der Waals surface area contributed by atoms with Gasteiger partial charge in [-0.3, -0.25) is 0 Å². The summed E-state index contributed by atoms with van der Waals surface area (Å²) >= 11 is 0. The van der Waals surface area contributed by atoms with Gasteiger partial charge in [0.05, 0.1) is 0 Å². The molecule has 0 aromatic heterocycles. The molecule has 50 heavy (non-hydrogen) atoms. The molecule has 0 radical (unpaired) electrons. The van der Waals surface area contributed by atoms with Crippen molar-refractivity contribution in [2.24, 2.45) is 0 Å². The Hall–Kier alpha value is -3.55. The SMILES string of the molecule is CCC(C)(C)c1ccc2cc(OP(Oc3ccccc3)Oc3cc4ccc(C(C)(C)CC)cc4cc3C(C)(C)CC)c(C(C)(C)CC)cc2c1. The molecule has 0 bridgehead atoms. The van der Waals surface area contributed by atoms with Crippen molar-refractivity contribution in [1.82, 2.24) is 0 Å². The Morgan fingerprint density at radius 2 is 0.820 bits per heavy atom. The third kappa shape index (κ3) is 8.00. The van der Waals surface area contributed by atoms with Gasteiger partial charge < -0.3 is 13.6 Å². The molecule has 5 aromatic rings. The third-order valence-electron chi connectivity index (χ3n) is 11.7. The highest BCUT2D eigenvalue weighted by molar-refractivity contribution is 7.43. The highest BCUT2D eigenvalue weighted by Gasteiger charge is 2.31. The maximum absolute atomic E-state index is 6.98. The second kappa shape index (κ2) is 14.6. The Labute approximate surface area is 303 Å². The van der Waals surface area contributed by atoms with Crippen molar-refractivity contribution in [3.63, 3.8) is 0 Å². The maximum atomic E-state index is 6.98. The predicted octanol–water partition coefficient (Wildman–Crippen LogP) is 14.5. The molecule has 0 unspecified atom stereocenters. The van der Waals surface area contributed by atoms with Crippen molar-refractivity contribution in [2.75, 3.05) is 0 Å². The molecular formula is C46H59O3P. The van der Waals surface area contributed by atoms with E-state index in [2.05, 4.69) is 144 Å². The number of para-hydroxylation sites is 1. The molecule has 3 nitrogen and oxygen atoms in total. The first-order valence-electron chi connectivity index (χ1n) is 18.6. The minimum absolute atomic E-state index is 0.104. The Kier molecular flexibility index (Phi) is 11.0. The van der Waals surface area contributed by atoms with Crippen LogP contribution >= 0.6 is 8.60 Å². The van der Waals surface area contributed by atoms with E-state index in [1.165, 1.54) is 21.9 Å². The monoisotopic (exact) mass is 690 g/mol. The van der Waals surface area contributed by atoms with Gasteiger partial charge in [0, 0.05) is 11.1 Å². The molecule has 0 amide bonds. The Balaban J connectivity index is 1.65. The zero-order chi connectivity index (χ0) is 36.5. The molecule has 5 aromatic carbocycles. The quantitative estimate of drug-likeness (QED) is 0.109. The van der Waals surface area contributed by atoms with Gasteiger partial charge in [0.2, 0.25) is 0 Å². The fourth-order valence-electron chi connectivity index (χ4n) is 6.18. The normalized spacial score (nSPS) is 12.9. The van der Waals surface area contributed by atoms with E-state index in [0.717, 1.165) is 59.1 Å². The average Bonchev–Trinajstić information content (AvgIpc) is 3.10. The van der Waals surface area contributed by atoms with Gasteiger partial charge in [0.1, 0.15) is 17.2 Å². The van der Waals surface area contributed by atoms with Gasteiger partial charge >= 0.3 is 8.60 Å². The highest BCUT2D eigenvalue weighted by Crippen LogP contribution is 2.50. The Bertz CT molecular complexity index is 1820. The third-order valence-corrected chi connectivity index (χ3v) is 12.8. The summed E-state index contributed by atoms with van der Waals surface area (Å²) in [4.78, 5) is 0. The molecule has 0 saturated heterocycles. The molecule has 5 rings (SSSR count). The maximum Gasteiger partial charge on any atom is 0.530 e. The summed E-state index contributed by atoms with van der Waals surface area (Å²) in [6.07, 6.45) is 4.08. The topological polar surface area (TPSA) is 27.7 Å². The fourth-order valence-corrected chi connectivity index (χ4v) is 7.21. The zero-order valence-electron chi connectivity index (χ0n) is 32.7. The van der Waals surface area contributed by atoms with E-state index in [0.29, 0.717) is 5.75 Å². The molecular weight excluding hydrogens is 631 g/mol. The second-order valence-corrected chi connectivity index (χ2v) is 17.6. The average molecular weight is 691 g/mol. The minimum atomic E-state index is -1.89. The Morgan fingerprint density at radius 1 is 0.420 bits per heavy atom. The Morgan fingerprint density at radius 3 is 1.20 bits per heavy atom. The first-order valence-corrected chi connectivity index (χ1v) is 19.7. The first-order chi connectivity index (χ1) is 23.5. The number of benzene rings is 5. The van der Waals surface area contributed by atoms with Crippen LogP contribution in [0.2, 0.25) is 0 Å². The van der Waals surface area contributed by atoms with Crippen LogP contribution in [0.25, 0.3) is 21.5 Å². The summed E-state index contributed by atoms with van der Waals surface area (Å²) in [6.45, 7) is 27.4. The summed E-state index contributed by atoms with van der Waals surface area (Å²) in [5, 5.41) is 4.75. The van der Waals surface area contributed by atoms with Crippen LogP contribution in [-0.4, -0.2) is 0 Å². The standard InChI is InChI=1S/C46H59O3P/c1-13-43(5,6)36-24-22-32-30-41(39(28-34(32)26-36)45(9,10)15-3)48-50(47-38-20-18-17-19-21-38)49-42-31-33-23-25-37(44(7,8)14-2)27-35(33)29-40(42)46(11,12)16-4/h17-31H,13-16H2,1-12H3. The molecule has 0 spiro atoms. The lowest BCUT2D eigenvalue weighted by Gasteiger charge is -2.30. The van der Waals surface area contributed by atoms with E-state index in [1.807, 2.05) is 30.3 Å². The molecule has 266 valence electrons. The largest absolute Gasteiger partial charge is 0.530 e. The van der Waals surface area contributed by atoms with Crippen molar-refractivity contribution in [2.45, 2.75) is 130 Å². The molecule has 0 atom stereocenters. The molecule has 4 heteroatoms. The van der Waals surface area contributed by atoms with Gasteiger partial charge in [0.25, 0.3) is 0 Å². The van der Waals surface area contributed by atoms with Crippen LogP contribution < -0.4 is 13.6 Å². The summed E-state index contributed by atoms with van der Waals surface area (Å²) < 4.78 is 20.6. The fraction of sp³-hybridized carbons (Fsp3) is 0.435. The van der Waals surface area contributed by atoms with E-state index < -0.39 is 8.60 Å². The summed E-state index contributed by atoms with van der Waals surface area (Å²) in [7, 11) is -1.89. The van der Waals surface area contributed by atoms with E-state index in [1.54, 1.807) is 0 Å². The summed E-state index contributed by atoms with van der Waals surface area (Å²) in [6, 6.07) is 32.6. The predicted molar refractivity (Wildman–Crippen MR) is 216 cm³/mol. The van der Waals surface area contributed by atoms with Crippen LogP contribution in [0.1, 0.15) is 131 Å². The lowest BCUT2D eigenvalue weighted by atomic mass is 9.79. The number of hydrogen-bond donors (Lipinski definition) is 0. The summed E-state index contributed by atoms with van der Waals surface area (Å²) in [5.41, 5.74) is 4.97. The van der Waals surface area contributed by atoms with E-state index in [-0.39, 0.29) is 21.7 Å². The number of hydrogen-bond acceptors (Lipinski definition) is 3. The smallest absolute Gasteiger partial charge is 0.409 e. The van der Waals surface area contributed by atoms with E-state index >= 15 is 0 Å². The zero-order valence-corrected chi connectivity index (χ0v) is 33.6. The second-order valence-electron chi connectivity index (χ2n) is 16.6. The van der Waals surface area contributed by atoms with E-state index in [9.17, 15) is 0 Å². The van der Waals surface area contributed by atoms with Gasteiger partial charge in [-0.1, -0.05) is 138 Å². The van der Waals surface area contributed by atoms with Crippen LogP contribution in [0.15, 0.2) is 91.0 Å². The first kappa shape index (κ1) is 37.7. The van der Waals surface area contributed by atoms with Crippen molar-refractivity contribution in [3.8, 4) is 17.2 Å². The van der Waals surface area contributed by atoms with Crippen LogP contribution in [0.4, 0.5) is 0 Å². The molecule has 0 heterocycles. The van der Waals surface area contributed by atoms with Crippen LogP contribution in [0, 0.1) is 0 Å². The van der Waals surface area contributed by atoms with Crippen molar-refractivity contribution in [1.29, 1.82) is 0 Å². The van der Waals surface area contributed by atoms with Gasteiger partial charge in [-0.25, -0.2) is 0 Å². The summed E-state index contributed by atoms with van der Waals surface area (Å²) in [5.74, 6) is 2.32. The van der Waals surface area contributed by atoms with Gasteiger partial charge in [-0.2, -0.15) is 0 Å². The van der Waals surface area contributed by atoms with E-state index in [4.69, 9.17) is 13.6 Å². The molecule has 0 aliphatic carbocycles. The van der Waals surface area contributed by atoms with Crippen molar-refractivity contribution >= 4 is 30.1 Å².